The van der Waals surface area contributed by atoms with Crippen LogP contribution in [-0.2, 0) is 6.54 Å². The Morgan fingerprint density at radius 1 is 1.59 bits per heavy atom. The summed E-state index contributed by atoms with van der Waals surface area (Å²) in [5.74, 6) is -1.07. The first-order chi connectivity index (χ1) is 7.99. The van der Waals surface area contributed by atoms with Crippen molar-refractivity contribution in [3.8, 4) is 0 Å². The Morgan fingerprint density at radius 2 is 2.29 bits per heavy atom. The number of hydrogen-bond donors (Lipinski definition) is 2. The monoisotopic (exact) mass is 242 g/mol. The van der Waals surface area contributed by atoms with E-state index >= 15 is 0 Å². The van der Waals surface area contributed by atoms with Crippen molar-refractivity contribution >= 4 is 5.97 Å². The predicted octanol–water partition coefficient (Wildman–Crippen LogP) is -0.321. The molecular formula is C10H18N4O3. The zero-order chi connectivity index (χ0) is 12.8. The van der Waals surface area contributed by atoms with E-state index in [1.54, 1.807) is 6.92 Å². The van der Waals surface area contributed by atoms with Crippen LogP contribution in [0.15, 0.2) is 6.20 Å². The van der Waals surface area contributed by atoms with Gasteiger partial charge in [0.1, 0.15) is 0 Å². The summed E-state index contributed by atoms with van der Waals surface area (Å²) in [6, 6.07) is 0. The largest absolute Gasteiger partial charge is 0.476 e. The number of carboxylic acids is 1. The van der Waals surface area contributed by atoms with E-state index in [2.05, 4.69) is 15.2 Å². The lowest BCUT2D eigenvalue weighted by molar-refractivity contribution is 0.0690. The molecule has 0 spiro atoms. The highest BCUT2D eigenvalue weighted by molar-refractivity contribution is 5.84. The van der Waals surface area contributed by atoms with Crippen LogP contribution in [-0.4, -0.2) is 62.3 Å². The molecule has 1 unspecified atom stereocenters. The molecule has 0 aliphatic carbocycles. The van der Waals surface area contributed by atoms with E-state index in [0.717, 1.165) is 13.1 Å². The second-order valence-corrected chi connectivity index (χ2v) is 4.11. The standard InChI is InChI=1S/C10H18N4O3/c1-8(15)3-4-13(2)5-6-14-7-9(10(16)17)11-12-14/h7-8,15H,3-6H2,1-2H3,(H,16,17). The molecule has 0 amide bonds. The van der Waals surface area contributed by atoms with Crippen molar-refractivity contribution < 1.29 is 15.0 Å². The van der Waals surface area contributed by atoms with Crippen molar-refractivity contribution in [2.45, 2.75) is 26.0 Å². The van der Waals surface area contributed by atoms with Crippen molar-refractivity contribution in [3.05, 3.63) is 11.9 Å². The van der Waals surface area contributed by atoms with E-state index in [9.17, 15) is 4.79 Å². The van der Waals surface area contributed by atoms with Crippen molar-refractivity contribution in [1.82, 2.24) is 19.9 Å². The number of rotatable bonds is 7. The van der Waals surface area contributed by atoms with Gasteiger partial charge in [-0.25, -0.2) is 4.79 Å². The number of aromatic carboxylic acids is 1. The molecule has 0 radical (unpaired) electrons. The van der Waals surface area contributed by atoms with E-state index in [1.165, 1.54) is 10.9 Å². The highest BCUT2D eigenvalue weighted by Gasteiger charge is 2.08. The molecule has 0 saturated carbocycles. The number of likely N-dealkylation sites (N-methyl/N-ethyl adjacent to an activating group) is 1. The Morgan fingerprint density at radius 3 is 2.82 bits per heavy atom. The van der Waals surface area contributed by atoms with Crippen LogP contribution in [0.3, 0.4) is 0 Å². The smallest absolute Gasteiger partial charge is 0.358 e. The third-order valence-corrected chi connectivity index (χ3v) is 2.40. The summed E-state index contributed by atoms with van der Waals surface area (Å²) >= 11 is 0. The molecule has 17 heavy (non-hydrogen) atoms. The Bertz CT molecular complexity index is 364. The second-order valence-electron chi connectivity index (χ2n) is 4.11. The number of aliphatic hydroxyl groups is 1. The third kappa shape index (κ3) is 4.92. The highest BCUT2D eigenvalue weighted by Crippen LogP contribution is 1.96. The van der Waals surface area contributed by atoms with Gasteiger partial charge >= 0.3 is 5.97 Å². The van der Waals surface area contributed by atoms with Gasteiger partial charge < -0.3 is 15.1 Å². The summed E-state index contributed by atoms with van der Waals surface area (Å²) < 4.78 is 1.50. The maximum atomic E-state index is 10.6. The molecule has 0 aliphatic rings. The third-order valence-electron chi connectivity index (χ3n) is 2.40. The number of aromatic nitrogens is 3. The highest BCUT2D eigenvalue weighted by atomic mass is 16.4. The van der Waals surface area contributed by atoms with Crippen LogP contribution in [0.4, 0.5) is 0 Å². The summed E-state index contributed by atoms with van der Waals surface area (Å²) in [7, 11) is 1.94. The number of carboxylic acid groups (broad SMARTS) is 1. The van der Waals surface area contributed by atoms with Gasteiger partial charge in [-0.05, 0) is 20.4 Å². The van der Waals surface area contributed by atoms with Crippen molar-refractivity contribution in [2.75, 3.05) is 20.1 Å². The Hall–Kier alpha value is -1.47. The van der Waals surface area contributed by atoms with Gasteiger partial charge in [-0.2, -0.15) is 0 Å². The van der Waals surface area contributed by atoms with Gasteiger partial charge in [0.15, 0.2) is 5.69 Å². The van der Waals surface area contributed by atoms with Gasteiger partial charge in [0.2, 0.25) is 0 Å². The van der Waals surface area contributed by atoms with Crippen LogP contribution in [0, 0.1) is 0 Å². The van der Waals surface area contributed by atoms with Crippen LogP contribution in [0.5, 0.6) is 0 Å². The van der Waals surface area contributed by atoms with Crippen LogP contribution < -0.4 is 0 Å². The quantitative estimate of drug-likeness (QED) is 0.681. The SMILES string of the molecule is CC(O)CCN(C)CCn1cc(C(=O)O)nn1. The number of nitrogens with zero attached hydrogens (tertiary/aromatic N) is 4. The van der Waals surface area contributed by atoms with Crippen LogP contribution in [0.25, 0.3) is 0 Å². The van der Waals surface area contributed by atoms with Crippen LogP contribution >= 0.6 is 0 Å². The fraction of sp³-hybridized carbons (Fsp3) is 0.700. The summed E-state index contributed by atoms with van der Waals surface area (Å²) in [4.78, 5) is 12.6. The molecule has 0 fully saturated rings. The topological polar surface area (TPSA) is 91.5 Å². The maximum Gasteiger partial charge on any atom is 0.358 e. The van der Waals surface area contributed by atoms with Gasteiger partial charge in [-0.15, -0.1) is 5.10 Å². The molecule has 0 saturated heterocycles. The molecule has 0 aromatic carbocycles. The Balaban J connectivity index is 2.31. The van der Waals surface area contributed by atoms with E-state index in [0.29, 0.717) is 13.0 Å². The number of carbonyl (C=O) groups is 1. The predicted molar refractivity (Wildman–Crippen MR) is 60.8 cm³/mol. The lowest BCUT2D eigenvalue weighted by Crippen LogP contribution is -2.26. The number of hydrogen-bond acceptors (Lipinski definition) is 5. The molecule has 0 aliphatic heterocycles. The maximum absolute atomic E-state index is 10.6. The lowest BCUT2D eigenvalue weighted by atomic mass is 10.3. The molecule has 1 atom stereocenters. The van der Waals surface area contributed by atoms with Gasteiger partial charge in [0, 0.05) is 13.1 Å². The first-order valence-corrected chi connectivity index (χ1v) is 5.49. The van der Waals surface area contributed by atoms with E-state index in [4.69, 9.17) is 10.2 Å². The summed E-state index contributed by atoms with van der Waals surface area (Å²) in [5, 5.41) is 25.0. The van der Waals surface area contributed by atoms with Gasteiger partial charge in [0.05, 0.1) is 18.8 Å². The fourth-order valence-electron chi connectivity index (χ4n) is 1.30. The molecule has 1 aromatic heterocycles. The van der Waals surface area contributed by atoms with E-state index in [-0.39, 0.29) is 11.8 Å². The van der Waals surface area contributed by atoms with Gasteiger partial charge in [-0.3, -0.25) is 4.68 Å². The molecule has 2 N–H and O–H groups in total. The van der Waals surface area contributed by atoms with Crippen molar-refractivity contribution in [2.24, 2.45) is 0 Å². The molecule has 1 aromatic rings. The summed E-state index contributed by atoms with van der Waals surface area (Å²) in [6.07, 6.45) is 1.82. The van der Waals surface area contributed by atoms with Crippen molar-refractivity contribution in [3.63, 3.8) is 0 Å². The first-order valence-electron chi connectivity index (χ1n) is 5.49. The average Bonchev–Trinajstić information content (AvgIpc) is 2.72. The second kappa shape index (κ2) is 6.31. The number of aliphatic hydroxyl groups excluding tert-OH is 1. The van der Waals surface area contributed by atoms with Gasteiger partial charge in [-0.1, -0.05) is 5.21 Å². The minimum Gasteiger partial charge on any atom is -0.476 e. The van der Waals surface area contributed by atoms with Crippen molar-refractivity contribution in [1.29, 1.82) is 0 Å². The van der Waals surface area contributed by atoms with Crippen LogP contribution in [0.2, 0.25) is 0 Å². The molecule has 1 heterocycles. The zero-order valence-electron chi connectivity index (χ0n) is 10.1. The van der Waals surface area contributed by atoms with Gasteiger partial charge in [0.25, 0.3) is 0 Å². The first kappa shape index (κ1) is 13.6. The fourth-order valence-corrected chi connectivity index (χ4v) is 1.30. The molecule has 96 valence electrons. The van der Waals surface area contributed by atoms with E-state index in [1.807, 2.05) is 7.05 Å². The Labute approximate surface area is 99.7 Å². The van der Waals surface area contributed by atoms with Crippen LogP contribution in [0.1, 0.15) is 23.8 Å². The Kier molecular flexibility index (Phi) is 5.05. The minimum atomic E-state index is -1.07. The summed E-state index contributed by atoms with van der Waals surface area (Å²) in [5.41, 5.74) is -0.0448. The minimum absolute atomic E-state index is 0.0448. The average molecular weight is 242 g/mol. The summed E-state index contributed by atoms with van der Waals surface area (Å²) in [6.45, 7) is 3.86. The molecule has 7 heteroatoms. The lowest BCUT2D eigenvalue weighted by Gasteiger charge is -2.16. The molecule has 0 bridgehead atoms. The van der Waals surface area contributed by atoms with E-state index < -0.39 is 5.97 Å². The zero-order valence-corrected chi connectivity index (χ0v) is 10.1. The molecular weight excluding hydrogens is 224 g/mol. The normalized spacial score (nSPS) is 12.9. The molecule has 1 rings (SSSR count). The molecule has 7 nitrogen and oxygen atoms in total.